The summed E-state index contributed by atoms with van der Waals surface area (Å²) in [6, 6.07) is 0. The van der Waals surface area contributed by atoms with Crippen LogP contribution in [0.1, 0.15) is 66.5 Å². The van der Waals surface area contributed by atoms with Crippen molar-refractivity contribution in [1.29, 1.82) is 0 Å². The van der Waals surface area contributed by atoms with E-state index in [9.17, 15) is 14.7 Å². The third-order valence-electron chi connectivity index (χ3n) is 8.06. The maximum Gasteiger partial charge on any atom is 0.166 e. The quantitative estimate of drug-likeness (QED) is 0.715. The second kappa shape index (κ2) is 5.28. The van der Waals surface area contributed by atoms with Crippen LogP contribution in [0.3, 0.4) is 0 Å². The van der Waals surface area contributed by atoms with Crippen molar-refractivity contribution in [2.75, 3.05) is 0 Å². The van der Waals surface area contributed by atoms with Gasteiger partial charge in [0, 0.05) is 18.6 Å². The fraction of sp³-hybridized carbons (Fsp3) is 0.652. The highest BCUT2D eigenvalue weighted by Gasteiger charge is 2.66. The van der Waals surface area contributed by atoms with Crippen LogP contribution in [-0.4, -0.2) is 22.3 Å². The van der Waals surface area contributed by atoms with Gasteiger partial charge in [-0.25, -0.2) is 0 Å². The molecule has 0 unspecified atom stereocenters. The molecule has 0 aliphatic heterocycles. The summed E-state index contributed by atoms with van der Waals surface area (Å²) in [5.41, 5.74) is -1.56. The Hall–Kier alpha value is -1.48. The van der Waals surface area contributed by atoms with Gasteiger partial charge in [-0.2, -0.15) is 0 Å². The lowest BCUT2D eigenvalue weighted by atomic mass is 9.47. The Kier molecular flexibility index (Phi) is 2.61. The molecule has 0 aromatic rings. The molecule has 0 bridgehead atoms. The van der Waals surface area contributed by atoms with Crippen LogP contribution in [0.2, 0.25) is 0 Å². The van der Waals surface area contributed by atoms with Gasteiger partial charge in [0.1, 0.15) is 5.60 Å². The fourth-order valence-corrected chi connectivity index (χ4v) is 6.55. The molecule has 4 aliphatic rings. The van der Waals surface area contributed by atoms with E-state index in [1.54, 1.807) is 6.92 Å². The van der Waals surface area contributed by atoms with Gasteiger partial charge in [0.05, 0.1) is 0 Å². The van der Waals surface area contributed by atoms with Gasteiger partial charge in [-0.1, -0.05) is 32.1 Å². The first kappa shape index (κ1) is 12.8. The van der Waals surface area contributed by atoms with Crippen LogP contribution in [0.5, 0.6) is 0 Å². The molecule has 3 nitrogen and oxygen atoms in total. The van der Waals surface area contributed by atoms with E-state index in [2.05, 4.69) is 12.7 Å². The van der Waals surface area contributed by atoms with Crippen LogP contribution >= 0.6 is 0 Å². The number of carbonyl (C=O) groups is 2. The van der Waals surface area contributed by atoms with Crippen molar-refractivity contribution < 1.29 is 21.5 Å². The lowest BCUT2D eigenvalue weighted by molar-refractivity contribution is -0.151. The van der Waals surface area contributed by atoms with E-state index >= 15 is 0 Å². The summed E-state index contributed by atoms with van der Waals surface area (Å²) in [7, 11) is 0. The number of rotatable bonds is 1. The monoisotopic (exact) mass is 359 g/mol. The van der Waals surface area contributed by atoms with Crippen LogP contribution in [-0.2, 0) is 9.59 Å². The Morgan fingerprint density at radius 3 is 2.81 bits per heavy atom. The van der Waals surface area contributed by atoms with Crippen LogP contribution in [0.25, 0.3) is 0 Å². The summed E-state index contributed by atoms with van der Waals surface area (Å²) in [4.78, 5) is 25.2. The first-order valence-electron chi connectivity index (χ1n) is 11.9. The first-order chi connectivity index (χ1) is 14.0. The van der Waals surface area contributed by atoms with Gasteiger partial charge in [0.2, 0.25) is 0 Å². The number of ketones is 2. The van der Waals surface area contributed by atoms with E-state index in [4.69, 9.17) is 6.85 Å². The van der Waals surface area contributed by atoms with E-state index in [1.807, 2.05) is 13.8 Å². The number of allylic oxidation sites excluding steroid dienone is 4. The van der Waals surface area contributed by atoms with Gasteiger partial charge >= 0.3 is 0 Å². The van der Waals surface area contributed by atoms with Crippen molar-refractivity contribution in [2.24, 2.45) is 28.6 Å². The molecule has 4 aliphatic carbocycles. The number of carbonyl (C=O) groups excluding carboxylic acids is 2. The smallest absolute Gasteiger partial charge is 0.166 e. The van der Waals surface area contributed by atoms with Crippen LogP contribution < -0.4 is 0 Å². The Labute approximate surface area is 163 Å². The molecule has 0 saturated heterocycles. The lowest BCUT2D eigenvalue weighted by Crippen LogP contribution is -2.57. The number of hydrogen-bond donors (Lipinski definition) is 1. The molecule has 2 fully saturated rings. The Bertz CT molecular complexity index is 961. The van der Waals surface area contributed by atoms with Crippen molar-refractivity contribution in [3.05, 3.63) is 35.5 Å². The first-order valence-corrected chi connectivity index (χ1v) is 9.41. The highest BCUT2D eigenvalue weighted by molar-refractivity contribution is 5.93. The normalized spacial score (nSPS) is 52.8. The zero-order valence-electron chi connectivity index (χ0n) is 20.7. The van der Waals surface area contributed by atoms with Gasteiger partial charge in [-0.3, -0.25) is 9.59 Å². The third-order valence-corrected chi connectivity index (χ3v) is 8.06. The van der Waals surface area contributed by atoms with E-state index in [-0.39, 0.29) is 29.7 Å². The molecule has 0 radical (unpaired) electrons. The zero-order valence-corrected chi connectivity index (χ0v) is 15.7. The zero-order chi connectivity index (χ0) is 23.4. The summed E-state index contributed by atoms with van der Waals surface area (Å²) in [5, 5.41) is 11.5. The predicted octanol–water partition coefficient (Wildman–Crippen LogP) is 4.17. The average molecular weight is 360 g/mol. The van der Waals surface area contributed by atoms with Gasteiger partial charge < -0.3 is 5.11 Å². The fourth-order valence-electron chi connectivity index (χ4n) is 6.55. The maximum atomic E-state index is 12.9. The molecule has 0 amide bonds. The van der Waals surface area contributed by atoms with Crippen molar-refractivity contribution >= 4 is 11.6 Å². The average Bonchev–Trinajstić information content (AvgIpc) is 2.84. The molecule has 0 heterocycles. The Balaban J connectivity index is 1.83. The highest BCUT2D eigenvalue weighted by Crippen LogP contribution is 2.67. The molecular formula is C23H30O3. The molecule has 4 rings (SSSR count). The van der Waals surface area contributed by atoms with E-state index in [0.717, 1.165) is 11.1 Å². The second-order valence-electron chi connectivity index (χ2n) is 9.14. The molecular weight excluding hydrogens is 324 g/mol. The summed E-state index contributed by atoms with van der Waals surface area (Å²) in [6.45, 7) is 6.76. The predicted molar refractivity (Wildman–Crippen MR) is 101 cm³/mol. The van der Waals surface area contributed by atoms with Crippen molar-refractivity contribution in [1.82, 2.24) is 0 Å². The van der Waals surface area contributed by atoms with Crippen LogP contribution in [0, 0.1) is 28.6 Å². The van der Waals surface area contributed by atoms with E-state index < -0.39 is 41.2 Å². The summed E-state index contributed by atoms with van der Waals surface area (Å²) >= 11 is 0. The van der Waals surface area contributed by atoms with Gasteiger partial charge in [0.25, 0.3) is 0 Å². The molecule has 0 spiro atoms. The van der Waals surface area contributed by atoms with Gasteiger partial charge in [0.15, 0.2) is 11.6 Å². The number of hydrogen-bond acceptors (Lipinski definition) is 3. The van der Waals surface area contributed by atoms with Gasteiger partial charge in [-0.15, -0.1) is 0 Å². The standard InChI is InChI=1S/C23H30O3/c1-13-10-17-18(21(4)8-6-16(25)12-19(13)21)7-9-22(5)20(17)11-14(2)23(22,26)15(3)24/h10,12,17-18,20,26H,2,6-9,11H2,1,3-5H3/t17-,18+,20+,21-,22+,23+/m1/s1/i3D3,6D2. The minimum absolute atomic E-state index is 0.0294. The minimum Gasteiger partial charge on any atom is -0.377 e. The third kappa shape index (κ3) is 1.93. The molecule has 2 saturated carbocycles. The van der Waals surface area contributed by atoms with Crippen LogP contribution in [0.4, 0.5) is 0 Å². The Morgan fingerprint density at radius 1 is 1.38 bits per heavy atom. The number of aliphatic hydroxyl groups is 1. The number of Topliss-reactive ketones (excluding diaryl/α,β-unsaturated/α-hetero) is 1. The lowest BCUT2D eigenvalue weighted by Gasteiger charge is -2.57. The number of fused-ring (bicyclic) bond motifs is 5. The van der Waals surface area contributed by atoms with Gasteiger partial charge in [-0.05, 0) is 79.8 Å². The molecule has 3 heteroatoms. The van der Waals surface area contributed by atoms with Crippen molar-refractivity contribution in [3.63, 3.8) is 0 Å². The molecule has 6 atom stereocenters. The summed E-state index contributed by atoms with van der Waals surface area (Å²) in [6.07, 6.45) is 3.10. The van der Waals surface area contributed by atoms with E-state index in [0.29, 0.717) is 19.3 Å². The molecule has 1 N–H and O–H groups in total. The second-order valence-corrected chi connectivity index (χ2v) is 9.14. The largest absolute Gasteiger partial charge is 0.377 e. The van der Waals surface area contributed by atoms with Crippen molar-refractivity contribution in [2.45, 2.75) is 65.3 Å². The molecule has 140 valence electrons. The Morgan fingerprint density at radius 2 is 2.12 bits per heavy atom. The SMILES string of the molecule is [2H]C([2H])([2H])C(=O)[C@@]1(O)C(=C)C[C@H]2[C@@H]3C=C(C)C4=CC(=O)C([2H])([2H])C[C@]4(C)[C@H]3CC[C@@]21C. The van der Waals surface area contributed by atoms with Crippen LogP contribution in [0.15, 0.2) is 35.5 Å². The summed E-state index contributed by atoms with van der Waals surface area (Å²) < 4.78 is 39.4. The molecule has 0 aromatic heterocycles. The topological polar surface area (TPSA) is 54.4 Å². The minimum atomic E-state index is -2.92. The highest BCUT2D eigenvalue weighted by atomic mass is 16.3. The maximum absolute atomic E-state index is 12.9. The molecule has 0 aromatic carbocycles. The van der Waals surface area contributed by atoms with E-state index in [1.165, 1.54) is 6.08 Å². The summed E-state index contributed by atoms with van der Waals surface area (Å²) in [5.74, 6) is -1.89. The molecule has 26 heavy (non-hydrogen) atoms. The van der Waals surface area contributed by atoms with Crippen molar-refractivity contribution in [3.8, 4) is 0 Å².